The summed E-state index contributed by atoms with van der Waals surface area (Å²) >= 11 is 9.72. The highest BCUT2D eigenvalue weighted by Gasteiger charge is 2.27. The van der Waals surface area contributed by atoms with Gasteiger partial charge in [0.15, 0.2) is 5.15 Å². The molecule has 35 heavy (non-hydrogen) atoms. The first-order valence-corrected chi connectivity index (χ1v) is 13.9. The number of nitrogens with one attached hydrogen (secondary N) is 1. The first-order valence-electron chi connectivity index (χ1n) is 11.3. The summed E-state index contributed by atoms with van der Waals surface area (Å²) in [7, 11) is -4.10. The van der Waals surface area contributed by atoms with Gasteiger partial charge in [0.1, 0.15) is 11.5 Å². The van der Waals surface area contributed by atoms with Crippen molar-refractivity contribution in [1.82, 2.24) is 14.3 Å². The van der Waals surface area contributed by atoms with E-state index in [2.05, 4.69) is 45.5 Å². The van der Waals surface area contributed by atoms with Crippen LogP contribution in [0, 0.1) is 6.92 Å². The van der Waals surface area contributed by atoms with Crippen molar-refractivity contribution >= 4 is 54.2 Å². The van der Waals surface area contributed by atoms with Gasteiger partial charge in [0.2, 0.25) is 0 Å². The number of benzene rings is 3. The molecule has 0 unspecified atom stereocenters. The SMILES string of the molecule is CCCCc1nc(Cl)c(C(=O)NS(=O)(=O)c2ccc(Br)cc2)n1Cc1ccc(C)c2ccccc12. The van der Waals surface area contributed by atoms with Gasteiger partial charge in [0, 0.05) is 10.9 Å². The second kappa shape index (κ2) is 10.5. The first-order chi connectivity index (χ1) is 16.7. The molecule has 1 N–H and O–H groups in total. The topological polar surface area (TPSA) is 81.1 Å². The molecule has 9 heteroatoms. The maximum absolute atomic E-state index is 13.3. The summed E-state index contributed by atoms with van der Waals surface area (Å²) in [6.07, 6.45) is 2.42. The Labute approximate surface area is 218 Å². The highest BCUT2D eigenvalue weighted by Crippen LogP contribution is 2.27. The van der Waals surface area contributed by atoms with Gasteiger partial charge in [-0.25, -0.2) is 18.1 Å². The standard InChI is InChI=1S/C26H25BrClN3O3S/c1-3-4-9-23-29-25(28)24(26(32)30-35(33,34)20-14-12-19(27)13-15-20)31(23)16-18-11-10-17(2)21-7-5-6-8-22(18)21/h5-8,10-15H,3-4,9,16H2,1-2H3,(H,30,32). The molecule has 6 nitrogen and oxygen atoms in total. The number of unbranched alkanes of at least 4 members (excludes halogenated alkanes) is 1. The summed E-state index contributed by atoms with van der Waals surface area (Å²) in [5.74, 6) is -0.169. The van der Waals surface area contributed by atoms with Gasteiger partial charge in [-0.3, -0.25) is 4.79 Å². The average molecular weight is 575 g/mol. The van der Waals surface area contributed by atoms with Gasteiger partial charge in [0.05, 0.1) is 11.4 Å². The van der Waals surface area contributed by atoms with Gasteiger partial charge < -0.3 is 4.57 Å². The molecule has 1 aromatic heterocycles. The third kappa shape index (κ3) is 5.44. The third-order valence-electron chi connectivity index (χ3n) is 5.88. The number of carbonyl (C=O) groups excluding carboxylic acids is 1. The van der Waals surface area contributed by atoms with E-state index in [1.165, 1.54) is 12.1 Å². The average Bonchev–Trinajstić information content (AvgIpc) is 3.14. The Kier molecular flexibility index (Phi) is 7.64. The minimum Gasteiger partial charge on any atom is -0.318 e. The second-order valence-corrected chi connectivity index (χ2v) is 11.3. The number of carbonyl (C=O) groups is 1. The maximum atomic E-state index is 13.3. The Morgan fingerprint density at radius 1 is 1.06 bits per heavy atom. The van der Waals surface area contributed by atoms with E-state index < -0.39 is 15.9 Å². The fourth-order valence-corrected chi connectivity index (χ4v) is 5.55. The van der Waals surface area contributed by atoms with Crippen LogP contribution < -0.4 is 4.72 Å². The van der Waals surface area contributed by atoms with Gasteiger partial charge in [-0.05, 0) is 59.5 Å². The first kappa shape index (κ1) is 25.4. The van der Waals surface area contributed by atoms with Crippen LogP contribution in [0.25, 0.3) is 10.8 Å². The molecule has 0 saturated heterocycles. The quantitative estimate of drug-likeness (QED) is 0.269. The lowest BCUT2D eigenvalue weighted by Crippen LogP contribution is -2.32. The van der Waals surface area contributed by atoms with Gasteiger partial charge in [-0.1, -0.05) is 77.3 Å². The minimum atomic E-state index is -4.10. The monoisotopic (exact) mass is 573 g/mol. The van der Waals surface area contributed by atoms with Crippen LogP contribution in [-0.4, -0.2) is 23.9 Å². The number of hydrogen-bond acceptors (Lipinski definition) is 4. The zero-order valence-corrected chi connectivity index (χ0v) is 22.5. The van der Waals surface area contributed by atoms with Crippen molar-refractivity contribution < 1.29 is 13.2 Å². The Morgan fingerprint density at radius 3 is 2.43 bits per heavy atom. The molecular weight excluding hydrogens is 550 g/mol. The summed E-state index contributed by atoms with van der Waals surface area (Å²) in [4.78, 5) is 17.7. The molecule has 3 aromatic carbocycles. The molecule has 0 saturated carbocycles. The van der Waals surface area contributed by atoms with E-state index in [0.29, 0.717) is 18.8 Å². The number of aromatic nitrogens is 2. The van der Waals surface area contributed by atoms with E-state index in [9.17, 15) is 13.2 Å². The predicted octanol–water partition coefficient (Wildman–Crippen LogP) is 6.27. The van der Waals surface area contributed by atoms with E-state index in [1.807, 2.05) is 30.3 Å². The molecule has 1 heterocycles. The van der Waals surface area contributed by atoms with Crippen molar-refractivity contribution in [3.05, 3.63) is 92.9 Å². The highest BCUT2D eigenvalue weighted by atomic mass is 79.9. The zero-order valence-electron chi connectivity index (χ0n) is 19.4. The summed E-state index contributed by atoms with van der Waals surface area (Å²) in [5.41, 5.74) is 2.17. The molecule has 0 fully saturated rings. The number of halogens is 2. The van der Waals surface area contributed by atoms with Crippen molar-refractivity contribution in [3.8, 4) is 0 Å². The van der Waals surface area contributed by atoms with Crippen LogP contribution >= 0.6 is 27.5 Å². The second-order valence-electron chi connectivity index (χ2n) is 8.33. The van der Waals surface area contributed by atoms with Crippen LogP contribution in [0.3, 0.4) is 0 Å². The number of hydrogen-bond donors (Lipinski definition) is 1. The Balaban J connectivity index is 1.76. The van der Waals surface area contributed by atoms with Crippen LogP contribution in [0.1, 0.15) is 47.2 Å². The van der Waals surface area contributed by atoms with Gasteiger partial charge >= 0.3 is 0 Å². The molecule has 1 amide bonds. The summed E-state index contributed by atoms with van der Waals surface area (Å²) < 4.78 is 30.4. The van der Waals surface area contributed by atoms with E-state index in [1.54, 1.807) is 16.7 Å². The van der Waals surface area contributed by atoms with Crippen LogP contribution in [0.4, 0.5) is 0 Å². The number of rotatable bonds is 8. The predicted molar refractivity (Wildman–Crippen MR) is 142 cm³/mol. The lowest BCUT2D eigenvalue weighted by Gasteiger charge is -2.15. The molecule has 0 radical (unpaired) electrons. The van der Waals surface area contributed by atoms with Gasteiger partial charge in [0.25, 0.3) is 15.9 Å². The number of aryl methyl sites for hydroxylation is 2. The molecular formula is C26H25BrClN3O3S. The normalized spacial score (nSPS) is 11.7. The summed E-state index contributed by atoms with van der Waals surface area (Å²) in [5, 5.41) is 2.17. The Bertz CT molecular complexity index is 1500. The largest absolute Gasteiger partial charge is 0.318 e. The van der Waals surface area contributed by atoms with Crippen molar-refractivity contribution in [2.75, 3.05) is 0 Å². The van der Waals surface area contributed by atoms with E-state index in [-0.39, 0.29) is 15.7 Å². The fraction of sp³-hybridized carbons (Fsp3) is 0.231. The lowest BCUT2D eigenvalue weighted by molar-refractivity contribution is 0.0972. The minimum absolute atomic E-state index is 0.0176. The van der Waals surface area contributed by atoms with Crippen LogP contribution in [-0.2, 0) is 23.0 Å². The molecule has 4 aromatic rings. The fourth-order valence-electron chi connectivity index (χ4n) is 4.04. The number of sulfonamides is 1. The number of nitrogens with zero attached hydrogens (tertiary/aromatic N) is 2. The van der Waals surface area contributed by atoms with Gasteiger partial charge in [-0.15, -0.1) is 0 Å². The molecule has 0 spiro atoms. The molecule has 0 aliphatic heterocycles. The Hall–Kier alpha value is -2.68. The van der Waals surface area contributed by atoms with E-state index in [4.69, 9.17) is 11.6 Å². The number of amides is 1. The summed E-state index contributed by atoms with van der Waals surface area (Å²) in [6.45, 7) is 4.46. The molecule has 182 valence electrons. The highest BCUT2D eigenvalue weighted by molar-refractivity contribution is 9.10. The number of fused-ring (bicyclic) bond motifs is 1. The smallest absolute Gasteiger partial charge is 0.284 e. The molecule has 0 aliphatic rings. The maximum Gasteiger partial charge on any atom is 0.284 e. The zero-order chi connectivity index (χ0) is 25.2. The van der Waals surface area contributed by atoms with Crippen molar-refractivity contribution in [3.63, 3.8) is 0 Å². The van der Waals surface area contributed by atoms with E-state index in [0.717, 1.165) is 39.2 Å². The molecule has 0 bridgehead atoms. The van der Waals surface area contributed by atoms with Gasteiger partial charge in [-0.2, -0.15) is 0 Å². The van der Waals surface area contributed by atoms with Crippen molar-refractivity contribution in [1.29, 1.82) is 0 Å². The lowest BCUT2D eigenvalue weighted by atomic mass is 10.00. The summed E-state index contributed by atoms with van der Waals surface area (Å²) in [6, 6.07) is 18.2. The Morgan fingerprint density at radius 2 is 1.74 bits per heavy atom. The van der Waals surface area contributed by atoms with Crippen LogP contribution in [0.5, 0.6) is 0 Å². The van der Waals surface area contributed by atoms with Crippen LogP contribution in [0.15, 0.2) is 70.0 Å². The molecule has 0 atom stereocenters. The molecule has 0 aliphatic carbocycles. The third-order valence-corrected chi connectivity index (χ3v) is 8.02. The van der Waals surface area contributed by atoms with Crippen molar-refractivity contribution in [2.45, 2.75) is 44.6 Å². The van der Waals surface area contributed by atoms with E-state index >= 15 is 0 Å². The van der Waals surface area contributed by atoms with Crippen LogP contribution in [0.2, 0.25) is 5.15 Å². The molecule has 4 rings (SSSR count). The number of imidazole rings is 1. The van der Waals surface area contributed by atoms with Crippen molar-refractivity contribution in [2.24, 2.45) is 0 Å².